The van der Waals surface area contributed by atoms with Gasteiger partial charge in [-0.1, -0.05) is 12.1 Å². The summed E-state index contributed by atoms with van der Waals surface area (Å²) in [7, 11) is 1.60. The van der Waals surface area contributed by atoms with Gasteiger partial charge in [-0.2, -0.15) is 0 Å². The first-order valence-corrected chi connectivity index (χ1v) is 5.61. The van der Waals surface area contributed by atoms with Crippen LogP contribution >= 0.6 is 0 Å². The van der Waals surface area contributed by atoms with Crippen molar-refractivity contribution in [3.8, 4) is 0 Å². The van der Waals surface area contributed by atoms with E-state index in [4.69, 9.17) is 10.5 Å². The fraction of sp³-hybridized carbons (Fsp3) is 0.462. The van der Waals surface area contributed by atoms with Gasteiger partial charge in [0.1, 0.15) is 0 Å². The molecule has 0 saturated heterocycles. The molecule has 1 aromatic rings. The van der Waals surface area contributed by atoms with Gasteiger partial charge in [-0.05, 0) is 31.5 Å². The van der Waals surface area contributed by atoms with Crippen LogP contribution in [0.3, 0.4) is 0 Å². The van der Waals surface area contributed by atoms with Crippen LogP contribution in [0.2, 0.25) is 0 Å². The second kappa shape index (κ2) is 5.80. The van der Waals surface area contributed by atoms with Crippen molar-refractivity contribution in [1.29, 1.82) is 0 Å². The van der Waals surface area contributed by atoms with Crippen LogP contribution in [0.25, 0.3) is 0 Å². The summed E-state index contributed by atoms with van der Waals surface area (Å²) in [6, 6.07) is 7.49. The van der Waals surface area contributed by atoms with E-state index < -0.39 is 5.60 Å². The predicted octanol–water partition coefficient (Wildman–Crippen LogP) is 1.90. The van der Waals surface area contributed by atoms with Crippen molar-refractivity contribution in [3.05, 3.63) is 29.8 Å². The Morgan fingerprint density at radius 3 is 2.41 bits per heavy atom. The Morgan fingerprint density at radius 1 is 1.35 bits per heavy atom. The summed E-state index contributed by atoms with van der Waals surface area (Å²) in [5.74, 6) is -0.0580. The third kappa shape index (κ3) is 4.54. The van der Waals surface area contributed by atoms with Gasteiger partial charge in [-0.3, -0.25) is 4.79 Å². The minimum atomic E-state index is -0.443. The predicted molar refractivity (Wildman–Crippen MR) is 68.7 cm³/mol. The third-order valence-corrected chi connectivity index (χ3v) is 2.61. The third-order valence-electron chi connectivity index (χ3n) is 2.61. The molecule has 0 aliphatic carbocycles. The Kier molecular flexibility index (Phi) is 4.66. The number of nitrogens with one attached hydrogen (secondary N) is 1. The molecule has 0 aliphatic heterocycles. The zero-order valence-electron chi connectivity index (χ0n) is 10.6. The molecular formula is C13H20N2O2. The molecule has 0 aromatic heterocycles. The van der Waals surface area contributed by atoms with E-state index in [1.165, 1.54) is 0 Å². The van der Waals surface area contributed by atoms with Gasteiger partial charge in [0.05, 0.1) is 12.0 Å². The van der Waals surface area contributed by atoms with E-state index in [-0.39, 0.29) is 5.91 Å². The molecule has 0 radical (unpaired) electrons. The Labute approximate surface area is 102 Å². The lowest BCUT2D eigenvalue weighted by molar-refractivity contribution is -0.121. The van der Waals surface area contributed by atoms with Gasteiger partial charge in [0, 0.05) is 19.3 Å². The van der Waals surface area contributed by atoms with Crippen molar-refractivity contribution in [3.63, 3.8) is 0 Å². The van der Waals surface area contributed by atoms with E-state index in [1.807, 2.05) is 38.1 Å². The molecule has 4 heteroatoms. The topological polar surface area (TPSA) is 64.3 Å². The maximum absolute atomic E-state index is 11.7. The molecule has 0 atom stereocenters. The van der Waals surface area contributed by atoms with Gasteiger partial charge in [0.15, 0.2) is 0 Å². The van der Waals surface area contributed by atoms with E-state index in [0.717, 1.165) is 11.3 Å². The zero-order valence-corrected chi connectivity index (χ0v) is 10.6. The normalized spacial score (nSPS) is 11.3. The number of methoxy groups -OCH3 is 1. The lowest BCUT2D eigenvalue weighted by atomic mass is 10.0. The second-order valence-corrected chi connectivity index (χ2v) is 4.59. The first-order chi connectivity index (χ1) is 7.96. The zero-order chi connectivity index (χ0) is 12.9. The van der Waals surface area contributed by atoms with Crippen molar-refractivity contribution in [2.75, 3.05) is 12.4 Å². The van der Waals surface area contributed by atoms with Crippen molar-refractivity contribution in [2.45, 2.75) is 32.4 Å². The fourth-order valence-corrected chi connectivity index (χ4v) is 1.39. The number of amides is 1. The van der Waals surface area contributed by atoms with Crippen LogP contribution in [0.4, 0.5) is 5.69 Å². The monoisotopic (exact) mass is 236 g/mol. The average molecular weight is 236 g/mol. The number of nitrogens with two attached hydrogens (primary N) is 1. The number of anilines is 1. The number of rotatable bonds is 5. The van der Waals surface area contributed by atoms with Crippen LogP contribution in [0.5, 0.6) is 0 Å². The largest absolute Gasteiger partial charge is 0.378 e. The molecule has 0 heterocycles. The highest BCUT2D eigenvalue weighted by atomic mass is 16.5. The second-order valence-electron chi connectivity index (χ2n) is 4.59. The molecule has 17 heavy (non-hydrogen) atoms. The molecule has 3 N–H and O–H groups in total. The molecular weight excluding hydrogens is 216 g/mol. The Hall–Kier alpha value is -1.39. The smallest absolute Gasteiger partial charge is 0.227 e. The molecule has 0 fully saturated rings. The van der Waals surface area contributed by atoms with Crippen molar-refractivity contribution < 1.29 is 9.53 Å². The van der Waals surface area contributed by atoms with Gasteiger partial charge in [-0.25, -0.2) is 0 Å². The first-order valence-electron chi connectivity index (χ1n) is 5.61. The number of carbonyl (C=O) groups excluding carboxylic acids is 1. The first kappa shape index (κ1) is 13.7. The number of hydrogen-bond donors (Lipinski definition) is 2. The summed E-state index contributed by atoms with van der Waals surface area (Å²) in [5.41, 5.74) is 6.87. The highest BCUT2D eigenvalue weighted by Crippen LogP contribution is 2.15. The SMILES string of the molecule is COC(C)(C)CC(=O)Nc1ccc(CN)cc1. The number of ether oxygens (including phenoxy) is 1. The average Bonchev–Trinajstić information content (AvgIpc) is 2.29. The molecule has 1 amide bonds. The summed E-state index contributed by atoms with van der Waals surface area (Å²) < 4.78 is 5.21. The molecule has 1 aromatic carbocycles. The van der Waals surface area contributed by atoms with Crippen molar-refractivity contribution >= 4 is 11.6 Å². The lowest BCUT2D eigenvalue weighted by Gasteiger charge is -2.21. The molecule has 0 saturated carbocycles. The van der Waals surface area contributed by atoms with Crippen LogP contribution in [-0.4, -0.2) is 18.6 Å². The van der Waals surface area contributed by atoms with Crippen LogP contribution in [-0.2, 0) is 16.1 Å². The van der Waals surface area contributed by atoms with Gasteiger partial charge in [0.2, 0.25) is 5.91 Å². The van der Waals surface area contributed by atoms with E-state index in [0.29, 0.717) is 13.0 Å². The molecule has 0 aliphatic rings. The maximum atomic E-state index is 11.7. The fourth-order valence-electron chi connectivity index (χ4n) is 1.39. The van der Waals surface area contributed by atoms with E-state index in [9.17, 15) is 4.79 Å². The number of benzene rings is 1. The molecule has 1 rings (SSSR count). The highest BCUT2D eigenvalue weighted by Gasteiger charge is 2.20. The molecule has 94 valence electrons. The van der Waals surface area contributed by atoms with Crippen LogP contribution < -0.4 is 11.1 Å². The van der Waals surface area contributed by atoms with Gasteiger partial charge < -0.3 is 15.8 Å². The molecule has 0 bridgehead atoms. The molecule has 0 unspecified atom stereocenters. The quantitative estimate of drug-likeness (QED) is 0.820. The van der Waals surface area contributed by atoms with Gasteiger partial charge >= 0.3 is 0 Å². The summed E-state index contributed by atoms with van der Waals surface area (Å²) in [5, 5.41) is 2.82. The molecule has 4 nitrogen and oxygen atoms in total. The highest BCUT2D eigenvalue weighted by molar-refractivity contribution is 5.91. The minimum absolute atomic E-state index is 0.0580. The van der Waals surface area contributed by atoms with Crippen LogP contribution in [0.1, 0.15) is 25.8 Å². The minimum Gasteiger partial charge on any atom is -0.378 e. The van der Waals surface area contributed by atoms with Gasteiger partial charge in [-0.15, -0.1) is 0 Å². The summed E-state index contributed by atoms with van der Waals surface area (Å²) in [6.45, 7) is 4.26. The van der Waals surface area contributed by atoms with E-state index in [2.05, 4.69) is 5.32 Å². The van der Waals surface area contributed by atoms with Gasteiger partial charge in [0.25, 0.3) is 0 Å². The Morgan fingerprint density at radius 2 is 1.94 bits per heavy atom. The number of carbonyl (C=O) groups is 1. The maximum Gasteiger partial charge on any atom is 0.227 e. The van der Waals surface area contributed by atoms with Crippen LogP contribution in [0.15, 0.2) is 24.3 Å². The summed E-state index contributed by atoms with van der Waals surface area (Å²) >= 11 is 0. The van der Waals surface area contributed by atoms with E-state index in [1.54, 1.807) is 7.11 Å². The summed E-state index contributed by atoms with van der Waals surface area (Å²) in [4.78, 5) is 11.7. The number of hydrogen-bond acceptors (Lipinski definition) is 3. The van der Waals surface area contributed by atoms with Crippen LogP contribution in [0, 0.1) is 0 Å². The Bertz CT molecular complexity index is 372. The summed E-state index contributed by atoms with van der Waals surface area (Å²) in [6.07, 6.45) is 0.322. The van der Waals surface area contributed by atoms with Crippen molar-refractivity contribution in [2.24, 2.45) is 5.73 Å². The molecule has 0 spiro atoms. The standard InChI is InChI=1S/C13H20N2O2/c1-13(2,17-3)8-12(16)15-11-6-4-10(9-14)5-7-11/h4-7H,8-9,14H2,1-3H3,(H,15,16). The van der Waals surface area contributed by atoms with E-state index >= 15 is 0 Å². The lowest BCUT2D eigenvalue weighted by Crippen LogP contribution is -2.29. The van der Waals surface area contributed by atoms with Crippen molar-refractivity contribution in [1.82, 2.24) is 0 Å². The Balaban J connectivity index is 2.56.